The van der Waals surface area contributed by atoms with Crippen molar-refractivity contribution in [2.75, 3.05) is 7.11 Å². The molecule has 0 atom stereocenters. The summed E-state index contributed by atoms with van der Waals surface area (Å²) in [5.41, 5.74) is 3.00. The maximum absolute atomic E-state index is 11.2. The third-order valence-corrected chi connectivity index (χ3v) is 1.41. The average Bonchev–Trinajstić information content (AvgIpc) is 2.30. The van der Waals surface area contributed by atoms with Gasteiger partial charge in [0, 0.05) is 6.20 Å². The summed E-state index contributed by atoms with van der Waals surface area (Å²) in [7, 11) is 1.39. The van der Waals surface area contributed by atoms with Crippen molar-refractivity contribution in [1.82, 2.24) is 15.0 Å². The van der Waals surface area contributed by atoms with Crippen LogP contribution in [-0.4, -0.2) is 22.7 Å². The molecule has 12 heavy (non-hydrogen) atoms. The molecule has 1 rings (SSSR count). The van der Waals surface area contributed by atoms with Crippen molar-refractivity contribution in [2.24, 2.45) is 0 Å². The van der Waals surface area contributed by atoms with Gasteiger partial charge >= 0.3 is 6.03 Å². The lowest BCUT2D eigenvalue weighted by molar-refractivity contribution is 0.108. The molecule has 0 bridgehead atoms. The van der Waals surface area contributed by atoms with E-state index in [2.05, 4.69) is 15.3 Å². The predicted molar refractivity (Wildman–Crippen MR) is 42.6 cm³/mol. The van der Waals surface area contributed by atoms with Crippen molar-refractivity contribution in [3.63, 3.8) is 0 Å². The standard InChI is InChI=1S/C7H11N3O2/c1-5-4-10(6(2)8-5)7(11)9-12-3/h4H,1-3H3,(H,9,11). The molecule has 1 aromatic heterocycles. The Morgan fingerprint density at radius 3 is 2.75 bits per heavy atom. The van der Waals surface area contributed by atoms with Crippen LogP contribution in [0.1, 0.15) is 11.5 Å². The number of hydrogen-bond donors (Lipinski definition) is 1. The smallest absolute Gasteiger partial charge is 0.275 e. The molecule has 66 valence electrons. The zero-order valence-corrected chi connectivity index (χ0v) is 7.29. The van der Waals surface area contributed by atoms with E-state index in [-0.39, 0.29) is 6.03 Å². The fourth-order valence-electron chi connectivity index (χ4n) is 0.960. The quantitative estimate of drug-likeness (QED) is 0.627. The van der Waals surface area contributed by atoms with Gasteiger partial charge in [0.1, 0.15) is 5.82 Å². The van der Waals surface area contributed by atoms with Crippen LogP contribution < -0.4 is 5.48 Å². The molecule has 5 nitrogen and oxygen atoms in total. The van der Waals surface area contributed by atoms with E-state index in [1.54, 1.807) is 13.1 Å². The van der Waals surface area contributed by atoms with Crippen LogP contribution in [0.2, 0.25) is 0 Å². The second kappa shape index (κ2) is 3.36. The number of rotatable bonds is 1. The molecule has 5 heteroatoms. The number of aryl methyl sites for hydroxylation is 2. The van der Waals surface area contributed by atoms with Crippen molar-refractivity contribution in [2.45, 2.75) is 13.8 Å². The van der Waals surface area contributed by atoms with Crippen LogP contribution >= 0.6 is 0 Å². The first-order valence-electron chi connectivity index (χ1n) is 3.51. The molecule has 0 aliphatic heterocycles. The van der Waals surface area contributed by atoms with Crippen LogP contribution in [0.25, 0.3) is 0 Å². The van der Waals surface area contributed by atoms with Gasteiger partial charge in [-0.25, -0.2) is 15.3 Å². The van der Waals surface area contributed by atoms with Gasteiger partial charge in [0.25, 0.3) is 0 Å². The third-order valence-electron chi connectivity index (χ3n) is 1.41. The van der Waals surface area contributed by atoms with Gasteiger partial charge in [0.2, 0.25) is 0 Å². The summed E-state index contributed by atoms with van der Waals surface area (Å²) in [5, 5.41) is 0. The van der Waals surface area contributed by atoms with E-state index in [4.69, 9.17) is 0 Å². The van der Waals surface area contributed by atoms with Crippen LogP contribution in [0.15, 0.2) is 6.20 Å². The zero-order valence-electron chi connectivity index (χ0n) is 7.29. The Hall–Kier alpha value is -1.36. The van der Waals surface area contributed by atoms with Gasteiger partial charge in [-0.05, 0) is 13.8 Å². The van der Waals surface area contributed by atoms with Crippen molar-refractivity contribution in [3.05, 3.63) is 17.7 Å². The largest absolute Gasteiger partial charge is 0.350 e. The molecule has 1 N–H and O–H groups in total. The normalized spacial score (nSPS) is 9.92. The predicted octanol–water partition coefficient (Wildman–Crippen LogP) is 0.619. The lowest BCUT2D eigenvalue weighted by Gasteiger charge is -2.02. The molecule has 1 amide bonds. The molecule has 0 unspecified atom stereocenters. The summed E-state index contributed by atoms with van der Waals surface area (Å²) in [5.74, 6) is 0.641. The average molecular weight is 169 g/mol. The Morgan fingerprint density at radius 2 is 2.33 bits per heavy atom. The van der Waals surface area contributed by atoms with Gasteiger partial charge in [-0.15, -0.1) is 0 Å². The number of carbonyl (C=O) groups is 1. The minimum atomic E-state index is -0.337. The summed E-state index contributed by atoms with van der Waals surface area (Å²) in [6.45, 7) is 3.58. The molecular formula is C7H11N3O2. The molecule has 0 aromatic carbocycles. The van der Waals surface area contributed by atoms with E-state index >= 15 is 0 Å². The summed E-state index contributed by atoms with van der Waals surface area (Å²) in [6.07, 6.45) is 1.64. The van der Waals surface area contributed by atoms with Gasteiger partial charge in [-0.3, -0.25) is 9.40 Å². The van der Waals surface area contributed by atoms with Crippen LogP contribution in [0.3, 0.4) is 0 Å². The summed E-state index contributed by atoms with van der Waals surface area (Å²) < 4.78 is 1.39. The van der Waals surface area contributed by atoms with Crippen LogP contribution in [0, 0.1) is 13.8 Å². The lowest BCUT2D eigenvalue weighted by atomic mass is 10.6. The number of hydroxylamine groups is 1. The lowest BCUT2D eigenvalue weighted by Crippen LogP contribution is -2.27. The minimum absolute atomic E-state index is 0.337. The van der Waals surface area contributed by atoms with Gasteiger partial charge in [-0.1, -0.05) is 0 Å². The first-order valence-corrected chi connectivity index (χ1v) is 3.51. The van der Waals surface area contributed by atoms with Gasteiger partial charge in [0.05, 0.1) is 12.8 Å². The van der Waals surface area contributed by atoms with E-state index in [0.29, 0.717) is 5.82 Å². The number of hydrogen-bond acceptors (Lipinski definition) is 3. The first kappa shape index (κ1) is 8.73. The Morgan fingerprint density at radius 1 is 1.67 bits per heavy atom. The van der Waals surface area contributed by atoms with Crippen molar-refractivity contribution in [3.8, 4) is 0 Å². The molecule has 0 saturated carbocycles. The molecule has 0 aliphatic rings. The topological polar surface area (TPSA) is 56.1 Å². The highest BCUT2D eigenvalue weighted by atomic mass is 16.6. The van der Waals surface area contributed by atoms with Crippen molar-refractivity contribution < 1.29 is 9.63 Å². The molecular weight excluding hydrogens is 158 g/mol. The summed E-state index contributed by atoms with van der Waals surface area (Å²) >= 11 is 0. The number of aromatic nitrogens is 2. The number of amides is 1. The number of carbonyl (C=O) groups excluding carboxylic acids is 1. The Bertz CT molecular complexity index is 293. The Balaban J connectivity index is 2.87. The minimum Gasteiger partial charge on any atom is -0.275 e. The molecule has 0 aliphatic carbocycles. The number of nitrogens with zero attached hydrogens (tertiary/aromatic N) is 2. The van der Waals surface area contributed by atoms with E-state index in [9.17, 15) is 4.79 Å². The van der Waals surface area contributed by atoms with E-state index in [0.717, 1.165) is 5.69 Å². The molecule has 0 radical (unpaired) electrons. The first-order chi connectivity index (χ1) is 5.65. The number of imidazole rings is 1. The highest BCUT2D eigenvalue weighted by molar-refractivity contribution is 5.76. The van der Waals surface area contributed by atoms with Crippen LogP contribution in [-0.2, 0) is 4.84 Å². The van der Waals surface area contributed by atoms with E-state index in [1.807, 2.05) is 6.92 Å². The summed E-state index contributed by atoms with van der Waals surface area (Å²) in [6, 6.07) is -0.337. The maximum atomic E-state index is 11.2. The second-order valence-electron chi connectivity index (χ2n) is 2.41. The van der Waals surface area contributed by atoms with Gasteiger partial charge < -0.3 is 0 Å². The van der Waals surface area contributed by atoms with Crippen LogP contribution in [0.4, 0.5) is 4.79 Å². The second-order valence-corrected chi connectivity index (χ2v) is 2.41. The molecule has 0 spiro atoms. The molecule has 1 heterocycles. The number of nitrogens with one attached hydrogen (secondary N) is 1. The maximum Gasteiger partial charge on any atom is 0.350 e. The monoisotopic (exact) mass is 169 g/mol. The van der Waals surface area contributed by atoms with Crippen LogP contribution in [0.5, 0.6) is 0 Å². The molecule has 0 fully saturated rings. The fraction of sp³-hybridized carbons (Fsp3) is 0.429. The Labute approximate surface area is 70.3 Å². The molecule has 0 saturated heterocycles. The fourth-order valence-corrected chi connectivity index (χ4v) is 0.960. The highest BCUT2D eigenvalue weighted by Crippen LogP contribution is 1.99. The van der Waals surface area contributed by atoms with Gasteiger partial charge in [-0.2, -0.15) is 0 Å². The Kier molecular flexibility index (Phi) is 2.44. The SMILES string of the molecule is CONC(=O)n1cc(C)nc1C. The van der Waals surface area contributed by atoms with Gasteiger partial charge in [0.15, 0.2) is 0 Å². The third kappa shape index (κ3) is 1.62. The van der Waals surface area contributed by atoms with E-state index in [1.165, 1.54) is 11.7 Å². The zero-order chi connectivity index (χ0) is 9.14. The highest BCUT2D eigenvalue weighted by Gasteiger charge is 2.07. The molecule has 1 aromatic rings. The van der Waals surface area contributed by atoms with Crippen molar-refractivity contribution in [1.29, 1.82) is 0 Å². The van der Waals surface area contributed by atoms with E-state index < -0.39 is 0 Å². The van der Waals surface area contributed by atoms with Crippen molar-refractivity contribution >= 4 is 6.03 Å². The summed E-state index contributed by atoms with van der Waals surface area (Å²) in [4.78, 5) is 19.7.